The van der Waals surface area contributed by atoms with E-state index in [4.69, 9.17) is 0 Å². The molecule has 0 radical (unpaired) electrons. The first kappa shape index (κ1) is 22.5. The van der Waals surface area contributed by atoms with E-state index in [1.807, 2.05) is 24.3 Å². The standard InChI is InChI=1S/C22H20F3N3O2S/c1-12(2)14-4-6-15(7-5-14)21-28-19(11-31-21)20(30)27-18-9-8-16(26-13(3)29)10-17(18)22(23,24)25/h4-12H,1-3H3,(H,26,29)(H,27,30). The van der Waals surface area contributed by atoms with Gasteiger partial charge >= 0.3 is 6.18 Å². The molecule has 1 aromatic heterocycles. The first-order valence-electron chi connectivity index (χ1n) is 9.40. The van der Waals surface area contributed by atoms with E-state index in [1.54, 1.807) is 0 Å². The summed E-state index contributed by atoms with van der Waals surface area (Å²) < 4.78 is 40.4. The minimum absolute atomic E-state index is 0.0152. The molecule has 9 heteroatoms. The van der Waals surface area contributed by atoms with E-state index >= 15 is 0 Å². The number of amides is 2. The maximum absolute atomic E-state index is 13.5. The number of carbonyl (C=O) groups is 2. The van der Waals surface area contributed by atoms with Gasteiger partial charge in [0.05, 0.1) is 11.3 Å². The Morgan fingerprint density at radius 1 is 1.03 bits per heavy atom. The Hall–Kier alpha value is -3.20. The Bertz CT molecular complexity index is 1110. The minimum atomic E-state index is -4.72. The predicted molar refractivity (Wildman–Crippen MR) is 115 cm³/mol. The maximum Gasteiger partial charge on any atom is 0.418 e. The van der Waals surface area contributed by atoms with Gasteiger partial charge < -0.3 is 10.6 Å². The Kier molecular flexibility index (Phi) is 6.45. The highest BCUT2D eigenvalue weighted by Crippen LogP contribution is 2.37. The molecule has 3 rings (SSSR count). The molecular weight excluding hydrogens is 427 g/mol. The molecule has 5 nitrogen and oxygen atoms in total. The van der Waals surface area contributed by atoms with Crippen LogP contribution < -0.4 is 10.6 Å². The van der Waals surface area contributed by atoms with Crippen molar-refractivity contribution >= 4 is 34.5 Å². The van der Waals surface area contributed by atoms with Gasteiger partial charge in [-0.2, -0.15) is 13.2 Å². The van der Waals surface area contributed by atoms with Crippen LogP contribution in [-0.2, 0) is 11.0 Å². The van der Waals surface area contributed by atoms with Crippen LogP contribution in [0, 0.1) is 0 Å². The molecule has 2 N–H and O–H groups in total. The lowest BCUT2D eigenvalue weighted by Crippen LogP contribution is -2.17. The zero-order valence-electron chi connectivity index (χ0n) is 17.0. The second kappa shape index (κ2) is 8.89. The highest BCUT2D eigenvalue weighted by molar-refractivity contribution is 7.13. The Balaban J connectivity index is 1.82. The predicted octanol–water partition coefficient (Wildman–Crippen LogP) is 6.16. The molecule has 3 aromatic rings. The molecule has 2 aromatic carbocycles. The highest BCUT2D eigenvalue weighted by atomic mass is 32.1. The van der Waals surface area contributed by atoms with Gasteiger partial charge in [0, 0.05) is 23.6 Å². The molecule has 2 amide bonds. The molecule has 0 saturated heterocycles. The lowest BCUT2D eigenvalue weighted by atomic mass is 10.0. The van der Waals surface area contributed by atoms with Crippen molar-refractivity contribution in [3.8, 4) is 10.6 Å². The van der Waals surface area contributed by atoms with Crippen molar-refractivity contribution < 1.29 is 22.8 Å². The molecule has 0 saturated carbocycles. The fourth-order valence-corrected chi connectivity index (χ4v) is 3.68. The van der Waals surface area contributed by atoms with Crippen molar-refractivity contribution in [2.45, 2.75) is 32.9 Å². The number of hydrogen-bond acceptors (Lipinski definition) is 4. The summed E-state index contributed by atoms with van der Waals surface area (Å²) in [6.45, 7) is 5.36. The van der Waals surface area contributed by atoms with Gasteiger partial charge in [0.15, 0.2) is 0 Å². The van der Waals surface area contributed by atoms with E-state index in [9.17, 15) is 22.8 Å². The van der Waals surface area contributed by atoms with Crippen LogP contribution in [0.25, 0.3) is 10.6 Å². The van der Waals surface area contributed by atoms with Gasteiger partial charge in [-0.1, -0.05) is 38.1 Å². The van der Waals surface area contributed by atoms with Crippen LogP contribution >= 0.6 is 11.3 Å². The molecule has 0 bridgehead atoms. The fraction of sp³-hybridized carbons (Fsp3) is 0.227. The maximum atomic E-state index is 13.5. The molecule has 0 unspecified atom stereocenters. The van der Waals surface area contributed by atoms with Gasteiger partial charge in [0.25, 0.3) is 5.91 Å². The number of alkyl halides is 3. The summed E-state index contributed by atoms with van der Waals surface area (Å²) in [6, 6.07) is 10.9. The van der Waals surface area contributed by atoms with Gasteiger partial charge in [-0.05, 0) is 29.7 Å². The number of aromatic nitrogens is 1. The van der Waals surface area contributed by atoms with Gasteiger partial charge in [-0.15, -0.1) is 11.3 Å². The monoisotopic (exact) mass is 447 g/mol. The fourth-order valence-electron chi connectivity index (χ4n) is 2.88. The molecule has 0 fully saturated rings. The number of nitrogens with zero attached hydrogens (tertiary/aromatic N) is 1. The van der Waals surface area contributed by atoms with E-state index in [2.05, 4.69) is 29.5 Å². The van der Waals surface area contributed by atoms with Crippen LogP contribution in [0.3, 0.4) is 0 Å². The first-order chi connectivity index (χ1) is 14.5. The molecule has 0 atom stereocenters. The van der Waals surface area contributed by atoms with Gasteiger partial charge in [-0.3, -0.25) is 9.59 Å². The molecule has 0 aliphatic heterocycles. The average Bonchev–Trinajstić information content (AvgIpc) is 3.18. The first-order valence-corrected chi connectivity index (χ1v) is 10.3. The molecule has 162 valence electrons. The Morgan fingerprint density at radius 2 is 1.71 bits per heavy atom. The zero-order valence-corrected chi connectivity index (χ0v) is 17.8. The third kappa shape index (κ3) is 5.49. The van der Waals surface area contributed by atoms with E-state index in [-0.39, 0.29) is 11.4 Å². The van der Waals surface area contributed by atoms with E-state index in [1.165, 1.54) is 35.3 Å². The van der Waals surface area contributed by atoms with Crippen molar-refractivity contribution in [1.82, 2.24) is 4.98 Å². The molecule has 0 aliphatic rings. The second-order valence-electron chi connectivity index (χ2n) is 7.21. The van der Waals surface area contributed by atoms with Crippen molar-refractivity contribution in [3.63, 3.8) is 0 Å². The van der Waals surface area contributed by atoms with Crippen LogP contribution in [0.15, 0.2) is 47.8 Å². The Labute approximate surface area is 181 Å². The van der Waals surface area contributed by atoms with Crippen LogP contribution in [0.1, 0.15) is 48.3 Å². The minimum Gasteiger partial charge on any atom is -0.326 e. The normalized spacial score (nSPS) is 11.5. The lowest BCUT2D eigenvalue weighted by molar-refractivity contribution is -0.137. The van der Waals surface area contributed by atoms with Crippen LogP contribution in [-0.4, -0.2) is 16.8 Å². The molecule has 0 spiro atoms. The zero-order chi connectivity index (χ0) is 22.8. The Morgan fingerprint density at radius 3 is 2.29 bits per heavy atom. The van der Waals surface area contributed by atoms with Crippen molar-refractivity contribution in [2.75, 3.05) is 10.6 Å². The number of halogens is 3. The third-order valence-corrected chi connectivity index (χ3v) is 5.35. The summed E-state index contributed by atoms with van der Waals surface area (Å²) >= 11 is 1.23. The number of carbonyl (C=O) groups excluding carboxylic acids is 2. The summed E-state index contributed by atoms with van der Waals surface area (Å²) in [6.07, 6.45) is -4.72. The second-order valence-corrected chi connectivity index (χ2v) is 8.07. The molecule has 31 heavy (non-hydrogen) atoms. The SMILES string of the molecule is CC(=O)Nc1ccc(NC(=O)c2csc(-c3ccc(C(C)C)cc3)n2)c(C(F)(F)F)c1. The van der Waals surface area contributed by atoms with Crippen molar-refractivity contribution in [3.05, 3.63) is 64.7 Å². The number of nitrogens with one attached hydrogen (secondary N) is 2. The van der Waals surface area contributed by atoms with Crippen LogP contribution in [0.4, 0.5) is 24.5 Å². The van der Waals surface area contributed by atoms with Gasteiger partial charge in [-0.25, -0.2) is 4.98 Å². The summed E-state index contributed by atoms with van der Waals surface area (Å²) in [7, 11) is 0. The summed E-state index contributed by atoms with van der Waals surface area (Å²) in [4.78, 5) is 27.9. The quantitative estimate of drug-likeness (QED) is 0.492. The summed E-state index contributed by atoms with van der Waals surface area (Å²) in [5, 5.41) is 6.67. The van der Waals surface area contributed by atoms with E-state index < -0.39 is 29.2 Å². The number of rotatable bonds is 5. The van der Waals surface area contributed by atoms with Crippen molar-refractivity contribution in [2.24, 2.45) is 0 Å². The third-order valence-electron chi connectivity index (χ3n) is 4.45. The smallest absolute Gasteiger partial charge is 0.326 e. The topological polar surface area (TPSA) is 71.1 Å². The molecular formula is C22H20F3N3O2S. The summed E-state index contributed by atoms with van der Waals surface area (Å²) in [5.74, 6) is -0.869. The number of hydrogen-bond donors (Lipinski definition) is 2. The average molecular weight is 447 g/mol. The van der Waals surface area contributed by atoms with Gasteiger partial charge in [0.1, 0.15) is 10.7 Å². The van der Waals surface area contributed by atoms with E-state index in [0.717, 1.165) is 17.7 Å². The lowest BCUT2D eigenvalue weighted by Gasteiger charge is -2.15. The molecule has 0 aliphatic carbocycles. The number of thiazole rings is 1. The number of benzene rings is 2. The van der Waals surface area contributed by atoms with Crippen LogP contribution in [0.5, 0.6) is 0 Å². The van der Waals surface area contributed by atoms with Gasteiger partial charge in [0.2, 0.25) is 5.91 Å². The summed E-state index contributed by atoms with van der Waals surface area (Å²) in [5.41, 5.74) is 0.518. The highest BCUT2D eigenvalue weighted by Gasteiger charge is 2.34. The molecule has 1 heterocycles. The van der Waals surface area contributed by atoms with E-state index in [0.29, 0.717) is 10.9 Å². The van der Waals surface area contributed by atoms with Crippen LogP contribution in [0.2, 0.25) is 0 Å². The largest absolute Gasteiger partial charge is 0.418 e. The van der Waals surface area contributed by atoms with Crippen molar-refractivity contribution in [1.29, 1.82) is 0 Å². The number of anilines is 2.